The Labute approximate surface area is 147 Å². The summed E-state index contributed by atoms with van der Waals surface area (Å²) >= 11 is 0. The molecule has 0 fully saturated rings. The van der Waals surface area contributed by atoms with Crippen molar-refractivity contribution in [1.82, 2.24) is 0 Å². The van der Waals surface area contributed by atoms with E-state index in [1.165, 1.54) is 0 Å². The summed E-state index contributed by atoms with van der Waals surface area (Å²) in [4.78, 5) is 23.3. The van der Waals surface area contributed by atoms with E-state index in [2.05, 4.69) is 5.32 Å². The summed E-state index contributed by atoms with van der Waals surface area (Å²) in [6, 6.07) is 14.7. The quantitative estimate of drug-likeness (QED) is 0.806. The number of hydrogen-bond acceptors (Lipinski definition) is 3. The topological polar surface area (TPSA) is 75.6 Å². The van der Waals surface area contributed by atoms with Crippen LogP contribution in [-0.4, -0.2) is 24.1 Å². The highest BCUT2D eigenvalue weighted by atomic mass is 16.5. The van der Waals surface area contributed by atoms with E-state index in [-0.39, 0.29) is 12.3 Å². The number of hydrogen-bond donors (Lipinski definition) is 2. The molecule has 0 aliphatic heterocycles. The van der Waals surface area contributed by atoms with Crippen LogP contribution in [0, 0.1) is 0 Å². The fraction of sp³-hybridized carbons (Fsp3) is 0.300. The van der Waals surface area contributed by atoms with Crippen molar-refractivity contribution in [3.05, 3.63) is 59.7 Å². The van der Waals surface area contributed by atoms with Crippen molar-refractivity contribution >= 4 is 17.6 Å². The number of benzene rings is 2. The molecule has 2 N–H and O–H groups in total. The first-order valence-electron chi connectivity index (χ1n) is 8.09. The standard InChI is InChI=1S/C20H23NO4/c1-20(2,15-7-11-17(25-3)12-8-15)19(24)21-16-9-4-14(5-10-16)6-13-18(22)23/h4-5,7-12H,6,13H2,1-3H3,(H,21,24)(H,22,23). The Morgan fingerprint density at radius 3 is 2.16 bits per heavy atom. The molecule has 0 aliphatic carbocycles. The first-order valence-corrected chi connectivity index (χ1v) is 8.09. The number of carbonyl (C=O) groups excluding carboxylic acids is 1. The van der Waals surface area contributed by atoms with Crippen LogP contribution in [0.25, 0.3) is 0 Å². The maximum absolute atomic E-state index is 12.7. The van der Waals surface area contributed by atoms with Gasteiger partial charge < -0.3 is 15.2 Å². The van der Waals surface area contributed by atoms with Crippen molar-refractivity contribution in [2.75, 3.05) is 12.4 Å². The number of carboxylic acid groups (broad SMARTS) is 1. The Morgan fingerprint density at radius 2 is 1.64 bits per heavy atom. The highest BCUT2D eigenvalue weighted by Gasteiger charge is 2.29. The zero-order valence-corrected chi connectivity index (χ0v) is 14.7. The Hall–Kier alpha value is -2.82. The number of methoxy groups -OCH3 is 1. The van der Waals surface area contributed by atoms with Crippen LogP contribution < -0.4 is 10.1 Å². The molecule has 0 aliphatic rings. The first kappa shape index (κ1) is 18.5. The van der Waals surface area contributed by atoms with Gasteiger partial charge >= 0.3 is 5.97 Å². The molecular formula is C20H23NO4. The number of aryl methyl sites for hydroxylation is 1. The predicted octanol–water partition coefficient (Wildman–Crippen LogP) is 3.63. The average Bonchev–Trinajstić information content (AvgIpc) is 2.61. The summed E-state index contributed by atoms with van der Waals surface area (Å²) in [5.41, 5.74) is 1.80. The van der Waals surface area contributed by atoms with E-state index in [0.29, 0.717) is 12.1 Å². The maximum atomic E-state index is 12.7. The molecule has 0 unspecified atom stereocenters. The van der Waals surface area contributed by atoms with Crippen LogP contribution >= 0.6 is 0 Å². The van der Waals surface area contributed by atoms with Crippen molar-refractivity contribution in [3.8, 4) is 5.75 Å². The van der Waals surface area contributed by atoms with Gasteiger partial charge in [-0.1, -0.05) is 24.3 Å². The van der Waals surface area contributed by atoms with Gasteiger partial charge in [0.15, 0.2) is 0 Å². The van der Waals surface area contributed by atoms with Crippen LogP contribution in [0.4, 0.5) is 5.69 Å². The molecular weight excluding hydrogens is 318 g/mol. The van der Waals surface area contributed by atoms with E-state index in [1.807, 2.05) is 50.2 Å². The second-order valence-corrected chi connectivity index (χ2v) is 6.40. The van der Waals surface area contributed by atoms with Crippen molar-refractivity contribution < 1.29 is 19.4 Å². The smallest absolute Gasteiger partial charge is 0.303 e. The summed E-state index contributed by atoms with van der Waals surface area (Å²) in [6.45, 7) is 3.73. The minimum absolute atomic E-state index is 0.0935. The van der Waals surface area contributed by atoms with E-state index in [4.69, 9.17) is 9.84 Å². The van der Waals surface area contributed by atoms with Gasteiger partial charge in [-0.15, -0.1) is 0 Å². The molecule has 0 spiro atoms. The number of nitrogens with one attached hydrogen (secondary N) is 1. The van der Waals surface area contributed by atoms with Gasteiger partial charge in [0.05, 0.1) is 12.5 Å². The van der Waals surface area contributed by atoms with E-state index in [1.54, 1.807) is 19.2 Å². The van der Waals surface area contributed by atoms with Gasteiger partial charge in [-0.05, 0) is 55.7 Å². The van der Waals surface area contributed by atoms with Gasteiger partial charge in [0.25, 0.3) is 0 Å². The number of anilines is 1. The summed E-state index contributed by atoms with van der Waals surface area (Å²) in [5.74, 6) is -0.188. The van der Waals surface area contributed by atoms with Crippen LogP contribution in [0.2, 0.25) is 0 Å². The van der Waals surface area contributed by atoms with Crippen LogP contribution in [0.15, 0.2) is 48.5 Å². The van der Waals surface area contributed by atoms with Crippen molar-refractivity contribution in [3.63, 3.8) is 0 Å². The van der Waals surface area contributed by atoms with Gasteiger partial charge in [-0.3, -0.25) is 9.59 Å². The lowest BCUT2D eigenvalue weighted by Crippen LogP contribution is -2.34. The molecule has 132 valence electrons. The van der Waals surface area contributed by atoms with Crippen molar-refractivity contribution in [2.24, 2.45) is 0 Å². The summed E-state index contributed by atoms with van der Waals surface area (Å²) < 4.78 is 5.15. The van der Waals surface area contributed by atoms with Crippen LogP contribution in [0.3, 0.4) is 0 Å². The average molecular weight is 341 g/mol. The Bertz CT molecular complexity index is 733. The number of carboxylic acids is 1. The van der Waals surface area contributed by atoms with Gasteiger partial charge in [0.1, 0.15) is 5.75 Å². The predicted molar refractivity (Wildman–Crippen MR) is 97.0 cm³/mol. The molecule has 0 heterocycles. The van der Waals surface area contributed by atoms with Crippen LogP contribution in [0.5, 0.6) is 5.75 Å². The third-order valence-electron chi connectivity index (χ3n) is 4.22. The SMILES string of the molecule is COc1ccc(C(C)(C)C(=O)Nc2ccc(CCC(=O)O)cc2)cc1. The van der Waals surface area contributed by atoms with Gasteiger partial charge in [-0.25, -0.2) is 0 Å². The van der Waals surface area contributed by atoms with Crippen LogP contribution in [-0.2, 0) is 21.4 Å². The highest BCUT2D eigenvalue weighted by molar-refractivity contribution is 5.98. The zero-order chi connectivity index (χ0) is 18.4. The van der Waals surface area contributed by atoms with Crippen molar-refractivity contribution in [2.45, 2.75) is 32.1 Å². The van der Waals surface area contributed by atoms with E-state index >= 15 is 0 Å². The summed E-state index contributed by atoms with van der Waals surface area (Å²) in [5, 5.41) is 11.6. The lowest BCUT2D eigenvalue weighted by Gasteiger charge is -2.24. The van der Waals surface area contributed by atoms with Gasteiger partial charge in [-0.2, -0.15) is 0 Å². The molecule has 0 atom stereocenters. The van der Waals surface area contributed by atoms with Gasteiger partial charge in [0.2, 0.25) is 5.91 Å². The van der Waals surface area contributed by atoms with E-state index < -0.39 is 11.4 Å². The maximum Gasteiger partial charge on any atom is 0.303 e. The molecule has 25 heavy (non-hydrogen) atoms. The molecule has 0 radical (unpaired) electrons. The molecule has 5 nitrogen and oxygen atoms in total. The van der Waals surface area contributed by atoms with Gasteiger partial charge in [0, 0.05) is 12.1 Å². The summed E-state index contributed by atoms with van der Waals surface area (Å²) in [7, 11) is 1.60. The largest absolute Gasteiger partial charge is 0.497 e. The third kappa shape index (κ3) is 4.83. The molecule has 1 amide bonds. The normalized spacial score (nSPS) is 11.0. The number of rotatable bonds is 7. The molecule has 5 heteroatoms. The lowest BCUT2D eigenvalue weighted by molar-refractivity contribution is -0.137. The highest BCUT2D eigenvalue weighted by Crippen LogP contribution is 2.27. The summed E-state index contributed by atoms with van der Waals surface area (Å²) in [6.07, 6.45) is 0.567. The second kappa shape index (κ2) is 7.83. The first-order chi connectivity index (χ1) is 11.8. The van der Waals surface area contributed by atoms with Crippen molar-refractivity contribution in [1.29, 1.82) is 0 Å². The van der Waals surface area contributed by atoms with Crippen LogP contribution in [0.1, 0.15) is 31.4 Å². The fourth-order valence-electron chi connectivity index (χ4n) is 2.43. The number of carbonyl (C=O) groups is 2. The molecule has 0 bridgehead atoms. The lowest BCUT2D eigenvalue weighted by atomic mass is 9.83. The minimum atomic E-state index is -0.821. The van der Waals surface area contributed by atoms with E-state index in [9.17, 15) is 9.59 Å². The number of aliphatic carboxylic acids is 1. The molecule has 0 saturated carbocycles. The second-order valence-electron chi connectivity index (χ2n) is 6.40. The molecule has 2 aromatic carbocycles. The molecule has 2 rings (SSSR count). The van der Waals surface area contributed by atoms with E-state index in [0.717, 1.165) is 16.9 Å². The zero-order valence-electron chi connectivity index (χ0n) is 14.7. The fourth-order valence-corrected chi connectivity index (χ4v) is 2.43. The monoisotopic (exact) mass is 341 g/mol. The number of ether oxygens (including phenoxy) is 1. The minimum Gasteiger partial charge on any atom is -0.497 e. The molecule has 0 aromatic heterocycles. The molecule has 2 aromatic rings. The third-order valence-corrected chi connectivity index (χ3v) is 4.22. The Kier molecular flexibility index (Phi) is 5.80. The Balaban J connectivity index is 2.05. The number of amides is 1. The molecule has 0 saturated heterocycles. The Morgan fingerprint density at radius 1 is 1.04 bits per heavy atom.